The quantitative estimate of drug-likeness (QED) is 0.889. The summed E-state index contributed by atoms with van der Waals surface area (Å²) in [7, 11) is 0. The highest BCUT2D eigenvalue weighted by Gasteiger charge is 2.20. The molecule has 0 aliphatic carbocycles. The molecule has 0 bridgehead atoms. The summed E-state index contributed by atoms with van der Waals surface area (Å²) in [6, 6.07) is 4.77. The average molecular weight is 350 g/mol. The Hall–Kier alpha value is -0.490. The summed E-state index contributed by atoms with van der Waals surface area (Å²) in [4.78, 5) is 2.46. The first-order valence-electron chi connectivity index (χ1n) is 6.26. The molecule has 3 rings (SSSR count). The molecule has 2 heterocycles. The lowest BCUT2D eigenvalue weighted by molar-refractivity contribution is 0.173. The molecule has 0 spiro atoms. The van der Waals surface area contributed by atoms with Crippen LogP contribution in [0.3, 0.4) is 0 Å². The largest absolute Gasteiger partial charge is 0.454 e. The van der Waals surface area contributed by atoms with Gasteiger partial charge in [-0.05, 0) is 40.5 Å². The summed E-state index contributed by atoms with van der Waals surface area (Å²) >= 11 is 3.54. The van der Waals surface area contributed by atoms with Gasteiger partial charge in [0.15, 0.2) is 11.5 Å². The maximum atomic E-state index is 5.45. The molecule has 1 atom stereocenters. The van der Waals surface area contributed by atoms with Crippen molar-refractivity contribution in [2.24, 2.45) is 0 Å². The molecular formula is C13H18BrClN2O2. The van der Waals surface area contributed by atoms with Gasteiger partial charge in [-0.15, -0.1) is 12.4 Å². The van der Waals surface area contributed by atoms with Gasteiger partial charge in [-0.25, -0.2) is 0 Å². The number of rotatable bonds is 2. The van der Waals surface area contributed by atoms with E-state index in [1.165, 1.54) is 5.56 Å². The third kappa shape index (κ3) is 3.34. The lowest BCUT2D eigenvalue weighted by atomic mass is 10.1. The number of halogens is 2. The van der Waals surface area contributed by atoms with Crippen LogP contribution in [0.15, 0.2) is 16.6 Å². The van der Waals surface area contributed by atoms with Crippen molar-refractivity contribution < 1.29 is 9.47 Å². The first-order chi connectivity index (χ1) is 8.72. The van der Waals surface area contributed by atoms with Crippen LogP contribution in [-0.2, 0) is 6.54 Å². The minimum Gasteiger partial charge on any atom is -0.454 e. The van der Waals surface area contributed by atoms with Crippen molar-refractivity contribution in [3.63, 3.8) is 0 Å². The fourth-order valence-electron chi connectivity index (χ4n) is 2.53. The molecule has 1 saturated heterocycles. The van der Waals surface area contributed by atoms with Gasteiger partial charge in [0.25, 0.3) is 0 Å². The Morgan fingerprint density at radius 3 is 3.05 bits per heavy atom. The van der Waals surface area contributed by atoms with Gasteiger partial charge in [-0.2, -0.15) is 0 Å². The lowest BCUT2D eigenvalue weighted by Crippen LogP contribution is -2.48. The minimum atomic E-state index is 0. The fourth-order valence-corrected chi connectivity index (χ4v) is 3.13. The highest BCUT2D eigenvalue weighted by molar-refractivity contribution is 9.10. The summed E-state index contributed by atoms with van der Waals surface area (Å²) < 4.78 is 11.8. The lowest BCUT2D eigenvalue weighted by Gasteiger charge is -2.31. The minimum absolute atomic E-state index is 0. The van der Waals surface area contributed by atoms with Crippen LogP contribution in [0.2, 0.25) is 0 Å². The summed E-state index contributed by atoms with van der Waals surface area (Å²) in [6.45, 7) is 6.75. The maximum absolute atomic E-state index is 5.45. The third-order valence-electron chi connectivity index (χ3n) is 3.35. The average Bonchev–Trinajstić information content (AvgIpc) is 2.77. The van der Waals surface area contributed by atoms with Crippen LogP contribution in [0.25, 0.3) is 0 Å². The van der Waals surface area contributed by atoms with Crippen molar-refractivity contribution in [3.8, 4) is 11.5 Å². The number of benzene rings is 1. The van der Waals surface area contributed by atoms with Crippen LogP contribution >= 0.6 is 28.3 Å². The van der Waals surface area contributed by atoms with E-state index in [1.54, 1.807) is 0 Å². The Balaban J connectivity index is 0.00000133. The Morgan fingerprint density at radius 2 is 2.26 bits per heavy atom. The highest BCUT2D eigenvalue weighted by Crippen LogP contribution is 2.40. The Morgan fingerprint density at radius 1 is 1.42 bits per heavy atom. The number of nitrogens with one attached hydrogen (secondary N) is 1. The summed E-state index contributed by atoms with van der Waals surface area (Å²) in [6.07, 6.45) is 0. The number of piperazine rings is 1. The van der Waals surface area contributed by atoms with Gasteiger partial charge in [0.1, 0.15) is 0 Å². The van der Waals surface area contributed by atoms with Gasteiger partial charge in [0, 0.05) is 32.2 Å². The number of fused-ring (bicyclic) bond motifs is 1. The molecule has 1 aromatic carbocycles. The van der Waals surface area contributed by atoms with Crippen LogP contribution in [0, 0.1) is 0 Å². The molecule has 0 aromatic heterocycles. The van der Waals surface area contributed by atoms with Crippen LogP contribution in [0.1, 0.15) is 12.5 Å². The van der Waals surface area contributed by atoms with E-state index in [-0.39, 0.29) is 12.4 Å². The fraction of sp³-hybridized carbons (Fsp3) is 0.538. The number of ether oxygens (including phenoxy) is 2. The standard InChI is InChI=1S/C13H17BrN2O2.ClH/c1-9-6-16(3-2-15-9)7-10-4-11(14)13-12(5-10)17-8-18-13;/h4-5,9,15H,2-3,6-8H2,1H3;1H. The molecule has 1 unspecified atom stereocenters. The van der Waals surface area contributed by atoms with Crippen molar-refractivity contribution in [2.45, 2.75) is 19.5 Å². The molecule has 1 fully saturated rings. The molecule has 2 aliphatic rings. The predicted molar refractivity (Wildman–Crippen MR) is 80.3 cm³/mol. The molecule has 0 saturated carbocycles. The number of hydrogen-bond acceptors (Lipinski definition) is 4. The SMILES string of the molecule is CC1CN(Cc2cc(Br)c3c(c2)OCO3)CCN1.Cl. The van der Waals surface area contributed by atoms with Crippen molar-refractivity contribution in [1.82, 2.24) is 10.2 Å². The van der Waals surface area contributed by atoms with E-state index < -0.39 is 0 Å². The van der Waals surface area contributed by atoms with E-state index >= 15 is 0 Å². The molecule has 1 N–H and O–H groups in total. The number of hydrogen-bond donors (Lipinski definition) is 1. The highest BCUT2D eigenvalue weighted by atomic mass is 79.9. The Kier molecular flexibility index (Phi) is 4.95. The Labute approximate surface area is 128 Å². The molecule has 2 aliphatic heterocycles. The zero-order chi connectivity index (χ0) is 12.5. The van der Waals surface area contributed by atoms with Gasteiger partial charge >= 0.3 is 0 Å². The summed E-state index contributed by atoms with van der Waals surface area (Å²) in [5, 5.41) is 3.46. The molecule has 6 heteroatoms. The van der Waals surface area contributed by atoms with Crippen LogP contribution in [-0.4, -0.2) is 37.4 Å². The first kappa shape index (κ1) is 14.9. The molecule has 0 radical (unpaired) electrons. The second-order valence-electron chi connectivity index (χ2n) is 4.90. The predicted octanol–water partition coefficient (Wildman–Crippen LogP) is 2.39. The van der Waals surface area contributed by atoms with Gasteiger partial charge < -0.3 is 14.8 Å². The van der Waals surface area contributed by atoms with E-state index in [0.29, 0.717) is 12.8 Å². The molecule has 1 aromatic rings. The number of nitrogens with zero attached hydrogens (tertiary/aromatic N) is 1. The molecular weight excluding hydrogens is 332 g/mol. The van der Waals surface area contributed by atoms with Crippen molar-refractivity contribution in [2.75, 3.05) is 26.4 Å². The van der Waals surface area contributed by atoms with E-state index in [1.807, 2.05) is 0 Å². The van der Waals surface area contributed by atoms with Crippen molar-refractivity contribution >= 4 is 28.3 Å². The van der Waals surface area contributed by atoms with Gasteiger partial charge in [-0.1, -0.05) is 0 Å². The zero-order valence-electron chi connectivity index (χ0n) is 10.8. The van der Waals surface area contributed by atoms with E-state index in [2.05, 4.69) is 45.2 Å². The normalized spacial score (nSPS) is 22.1. The van der Waals surface area contributed by atoms with Crippen LogP contribution < -0.4 is 14.8 Å². The van der Waals surface area contributed by atoms with E-state index in [4.69, 9.17) is 9.47 Å². The van der Waals surface area contributed by atoms with E-state index in [0.717, 1.165) is 42.2 Å². The van der Waals surface area contributed by atoms with Crippen LogP contribution in [0.4, 0.5) is 0 Å². The smallest absolute Gasteiger partial charge is 0.231 e. The summed E-state index contributed by atoms with van der Waals surface area (Å²) in [5.41, 5.74) is 1.26. The van der Waals surface area contributed by atoms with Crippen LogP contribution in [0.5, 0.6) is 11.5 Å². The topological polar surface area (TPSA) is 33.7 Å². The van der Waals surface area contributed by atoms with Crippen molar-refractivity contribution in [3.05, 3.63) is 22.2 Å². The molecule has 4 nitrogen and oxygen atoms in total. The van der Waals surface area contributed by atoms with E-state index in [9.17, 15) is 0 Å². The van der Waals surface area contributed by atoms with Gasteiger partial charge in [0.05, 0.1) is 4.47 Å². The monoisotopic (exact) mass is 348 g/mol. The molecule has 106 valence electrons. The second-order valence-corrected chi connectivity index (χ2v) is 5.76. The molecule has 0 amide bonds. The van der Waals surface area contributed by atoms with Gasteiger partial charge in [-0.3, -0.25) is 4.90 Å². The summed E-state index contributed by atoms with van der Waals surface area (Å²) in [5.74, 6) is 1.68. The van der Waals surface area contributed by atoms with Crippen molar-refractivity contribution in [1.29, 1.82) is 0 Å². The molecule has 19 heavy (non-hydrogen) atoms. The third-order valence-corrected chi connectivity index (χ3v) is 3.94. The Bertz CT molecular complexity index is 459. The second kappa shape index (κ2) is 6.31. The first-order valence-corrected chi connectivity index (χ1v) is 7.05. The van der Waals surface area contributed by atoms with Gasteiger partial charge in [0.2, 0.25) is 6.79 Å². The zero-order valence-corrected chi connectivity index (χ0v) is 13.2. The maximum Gasteiger partial charge on any atom is 0.231 e.